The summed E-state index contributed by atoms with van der Waals surface area (Å²) in [5.41, 5.74) is 2.71. The summed E-state index contributed by atoms with van der Waals surface area (Å²) in [6, 6.07) is 9.68. The van der Waals surface area contributed by atoms with Gasteiger partial charge in [-0.15, -0.1) is 0 Å². The van der Waals surface area contributed by atoms with Crippen molar-refractivity contribution in [2.75, 3.05) is 25.7 Å². The van der Waals surface area contributed by atoms with Gasteiger partial charge in [0.15, 0.2) is 0 Å². The van der Waals surface area contributed by atoms with Crippen LogP contribution in [0.5, 0.6) is 11.5 Å². The van der Waals surface area contributed by atoms with E-state index in [-0.39, 0.29) is 32.8 Å². The number of ether oxygens (including phenoxy) is 4. The molecule has 3 atom stereocenters. The van der Waals surface area contributed by atoms with Gasteiger partial charge >= 0.3 is 0 Å². The molecule has 0 radical (unpaired) electrons. The second-order valence-electron chi connectivity index (χ2n) is 11.5. The molecule has 2 aromatic carbocycles. The maximum atomic E-state index is 12.1. The van der Waals surface area contributed by atoms with Crippen LogP contribution in [0.25, 0.3) is 0 Å². The van der Waals surface area contributed by atoms with Gasteiger partial charge < -0.3 is 52.8 Å². The van der Waals surface area contributed by atoms with E-state index >= 15 is 0 Å². The predicted molar refractivity (Wildman–Crippen MR) is 148 cm³/mol. The fraction of sp³-hybridized carbons (Fsp3) is 0.556. The zero-order valence-electron chi connectivity index (χ0n) is 24.1. The van der Waals surface area contributed by atoms with E-state index in [1.54, 1.807) is 52.0 Å². The summed E-state index contributed by atoms with van der Waals surface area (Å²) in [6.45, 7) is 6.70. The van der Waals surface area contributed by atoms with Crippen LogP contribution < -0.4 is 19.3 Å². The number of nitrogens with zero attached hydrogens (tertiary/aromatic N) is 2. The van der Waals surface area contributed by atoms with Crippen molar-refractivity contribution >= 4 is 15.2 Å². The molecule has 4 rings (SSSR count). The van der Waals surface area contributed by atoms with Gasteiger partial charge in [0.2, 0.25) is 11.6 Å². The molecule has 2 aliphatic heterocycles. The Morgan fingerprint density at radius 1 is 0.833 bits per heavy atom. The fourth-order valence-corrected chi connectivity index (χ4v) is 6.57. The minimum Gasteiger partial charge on any atom is -0.778 e. The number of fused-ring (bicyclic) bond motifs is 2. The monoisotopic (exact) mass is 628 g/mol. The Kier molecular flexibility index (Phi) is 9.94. The maximum Gasteiger partial charge on any atom is 0.205 e. The molecule has 2 aliphatic rings. The SMILES string of the molecule is CC1(C)OCc2cccc(CN(CC(CO)N(Cc3cccc4c3OC(C)(C)OC4)CP(=O)([O-])O)CP(=O)([O-])O)c2O1. The highest BCUT2D eigenvalue weighted by atomic mass is 31.2. The van der Waals surface area contributed by atoms with Crippen molar-refractivity contribution in [2.24, 2.45) is 0 Å². The van der Waals surface area contributed by atoms with E-state index in [9.17, 15) is 33.8 Å². The van der Waals surface area contributed by atoms with E-state index in [0.717, 1.165) is 11.1 Å². The van der Waals surface area contributed by atoms with Crippen molar-refractivity contribution in [1.29, 1.82) is 0 Å². The standard InChI is InChI=1S/C27H40N2O11P2/c1-26(2)37-15-21-9-5-7-19(24(21)39-26)11-28(17-41(31,32)33)13-23(14-30)29(18-42(34,35)36)12-20-8-6-10-22-16-38-27(3,4)40-25(20)22/h5-10,23,30H,11-18H2,1-4H3,(H2,31,32,33)(H2,34,35,36)/p-2. The van der Waals surface area contributed by atoms with Crippen LogP contribution >= 0.6 is 15.2 Å². The van der Waals surface area contributed by atoms with Gasteiger partial charge in [0.05, 0.1) is 32.4 Å². The molecule has 2 heterocycles. The summed E-state index contributed by atoms with van der Waals surface area (Å²) in [4.78, 5) is 46.5. The Labute approximate surface area is 245 Å². The van der Waals surface area contributed by atoms with E-state index in [0.29, 0.717) is 22.6 Å². The Hall–Kier alpha value is -1.86. The smallest absolute Gasteiger partial charge is 0.205 e. The van der Waals surface area contributed by atoms with Crippen molar-refractivity contribution < 1.29 is 52.8 Å². The highest BCUT2D eigenvalue weighted by molar-refractivity contribution is 7.50. The number of aliphatic hydroxyl groups excluding tert-OH is 1. The van der Waals surface area contributed by atoms with Crippen molar-refractivity contribution in [1.82, 2.24) is 9.80 Å². The van der Waals surface area contributed by atoms with Crippen LogP contribution in [-0.2, 0) is 44.9 Å². The minimum atomic E-state index is -4.88. The van der Waals surface area contributed by atoms with Gasteiger partial charge in [-0.05, 0) is 0 Å². The summed E-state index contributed by atoms with van der Waals surface area (Å²) >= 11 is 0. The molecule has 0 bridgehead atoms. The first-order valence-electron chi connectivity index (χ1n) is 13.4. The molecule has 0 spiro atoms. The van der Waals surface area contributed by atoms with Gasteiger partial charge in [-0.2, -0.15) is 0 Å². The molecular weight excluding hydrogens is 590 g/mol. The lowest BCUT2D eigenvalue weighted by Crippen LogP contribution is -2.47. The van der Waals surface area contributed by atoms with Crippen molar-refractivity contribution in [2.45, 2.75) is 71.6 Å². The fourth-order valence-electron chi connectivity index (χ4n) is 5.06. The average Bonchev–Trinajstić information content (AvgIpc) is 2.85. The number of rotatable bonds is 12. The molecule has 0 aromatic heterocycles. The van der Waals surface area contributed by atoms with E-state index in [2.05, 4.69) is 0 Å². The summed E-state index contributed by atoms with van der Waals surface area (Å²) < 4.78 is 47.6. The van der Waals surface area contributed by atoms with Gasteiger partial charge in [0.25, 0.3) is 0 Å². The summed E-state index contributed by atoms with van der Waals surface area (Å²) in [6.07, 6.45) is -1.59. The first-order valence-corrected chi connectivity index (χ1v) is 17.0. The Balaban J connectivity index is 1.64. The number of hydrogen-bond donors (Lipinski definition) is 3. The molecular formula is C27H38N2O11P2-2. The number of para-hydroxylation sites is 2. The third-order valence-corrected chi connectivity index (χ3v) is 8.38. The first-order chi connectivity index (χ1) is 19.4. The van der Waals surface area contributed by atoms with Crippen LogP contribution in [0, 0.1) is 0 Å². The predicted octanol–water partition coefficient (Wildman–Crippen LogP) is 1.65. The van der Waals surface area contributed by atoms with E-state index in [1.807, 2.05) is 12.1 Å². The number of benzene rings is 2. The lowest BCUT2D eigenvalue weighted by atomic mass is 10.1. The molecule has 13 nitrogen and oxygen atoms in total. The zero-order chi connectivity index (χ0) is 30.9. The Morgan fingerprint density at radius 3 is 1.76 bits per heavy atom. The largest absolute Gasteiger partial charge is 0.778 e. The van der Waals surface area contributed by atoms with Crippen LogP contribution in [0.3, 0.4) is 0 Å². The quantitative estimate of drug-likeness (QED) is 0.289. The normalized spacial score (nSPS) is 20.9. The molecule has 234 valence electrons. The van der Waals surface area contributed by atoms with Gasteiger partial charge in [0, 0.05) is 75.6 Å². The van der Waals surface area contributed by atoms with E-state index in [4.69, 9.17) is 18.9 Å². The van der Waals surface area contributed by atoms with Crippen molar-refractivity contribution in [3.05, 3.63) is 58.7 Å². The van der Waals surface area contributed by atoms with Gasteiger partial charge in [-0.3, -0.25) is 9.80 Å². The van der Waals surface area contributed by atoms with Gasteiger partial charge in [-0.25, -0.2) is 0 Å². The molecule has 0 aliphatic carbocycles. The van der Waals surface area contributed by atoms with Gasteiger partial charge in [-0.1, -0.05) is 36.4 Å². The molecule has 3 N–H and O–H groups in total. The Morgan fingerprint density at radius 2 is 1.31 bits per heavy atom. The van der Waals surface area contributed by atoms with Crippen LogP contribution in [-0.4, -0.2) is 68.0 Å². The van der Waals surface area contributed by atoms with Crippen LogP contribution in [0.2, 0.25) is 0 Å². The first kappa shape index (κ1) is 33.0. The summed E-state index contributed by atoms with van der Waals surface area (Å²) in [7, 11) is -9.72. The molecule has 0 saturated carbocycles. The molecule has 0 amide bonds. The van der Waals surface area contributed by atoms with Crippen LogP contribution in [0.4, 0.5) is 0 Å². The van der Waals surface area contributed by atoms with Crippen molar-refractivity contribution in [3.63, 3.8) is 0 Å². The molecule has 3 unspecified atom stereocenters. The highest BCUT2D eigenvalue weighted by Crippen LogP contribution is 2.39. The second-order valence-corrected chi connectivity index (χ2v) is 14.7. The van der Waals surface area contributed by atoms with Gasteiger partial charge in [0.1, 0.15) is 26.7 Å². The Bertz CT molecular complexity index is 1360. The average molecular weight is 629 g/mol. The number of aliphatic hydroxyl groups is 1. The lowest BCUT2D eigenvalue weighted by molar-refractivity contribution is -0.198. The second kappa shape index (κ2) is 12.6. The third-order valence-electron chi connectivity index (χ3n) is 6.91. The molecule has 42 heavy (non-hydrogen) atoms. The summed E-state index contributed by atoms with van der Waals surface area (Å²) in [5.74, 6) is -0.829. The molecule has 2 aromatic rings. The third kappa shape index (κ3) is 9.07. The van der Waals surface area contributed by atoms with E-state index in [1.165, 1.54) is 9.80 Å². The lowest BCUT2D eigenvalue weighted by Gasteiger charge is -2.39. The maximum absolute atomic E-state index is 12.1. The molecule has 15 heteroatoms. The van der Waals surface area contributed by atoms with Crippen LogP contribution in [0.1, 0.15) is 49.9 Å². The number of hydrogen-bond acceptors (Lipinski definition) is 11. The zero-order valence-corrected chi connectivity index (χ0v) is 25.9. The highest BCUT2D eigenvalue weighted by Gasteiger charge is 2.33. The topological polar surface area (TPSA) is 184 Å². The van der Waals surface area contributed by atoms with Crippen molar-refractivity contribution in [3.8, 4) is 11.5 Å². The molecule has 0 saturated heterocycles. The minimum absolute atomic E-state index is 0.0140. The van der Waals surface area contributed by atoms with Crippen LogP contribution in [0.15, 0.2) is 36.4 Å². The van der Waals surface area contributed by atoms with E-state index < -0.39 is 52.0 Å². The molecule has 0 fully saturated rings. The summed E-state index contributed by atoms with van der Waals surface area (Å²) in [5, 5.41) is 10.4.